The summed E-state index contributed by atoms with van der Waals surface area (Å²) in [6, 6.07) is -1.57. The van der Waals surface area contributed by atoms with Crippen LogP contribution in [0.4, 0.5) is 27.6 Å². The minimum atomic E-state index is -4.95. The molecule has 1 fully saturated rings. The third-order valence-corrected chi connectivity index (χ3v) is 6.79. The first kappa shape index (κ1) is 26.8. The van der Waals surface area contributed by atoms with Crippen LogP contribution in [0.2, 0.25) is 0 Å². The summed E-state index contributed by atoms with van der Waals surface area (Å²) in [6.45, 7) is 1.53. The van der Waals surface area contributed by atoms with Gasteiger partial charge in [-0.05, 0) is 39.2 Å². The van der Waals surface area contributed by atoms with Crippen LogP contribution in [0.25, 0.3) is 10.4 Å². The fourth-order valence-corrected chi connectivity index (χ4v) is 5.05. The molecule has 2 aromatic heterocycles. The van der Waals surface area contributed by atoms with Gasteiger partial charge in [0.2, 0.25) is 5.01 Å². The number of carbonyl (C=O) groups is 2. The van der Waals surface area contributed by atoms with Gasteiger partial charge in [-0.25, -0.2) is 9.78 Å². The van der Waals surface area contributed by atoms with Crippen LogP contribution >= 0.6 is 11.3 Å². The van der Waals surface area contributed by atoms with E-state index in [1.807, 2.05) is 6.92 Å². The van der Waals surface area contributed by atoms with Crippen molar-refractivity contribution in [2.75, 3.05) is 18.1 Å². The molecule has 192 valence electrons. The first-order valence-electron chi connectivity index (χ1n) is 11.1. The Morgan fingerprint density at radius 2 is 2.03 bits per heavy atom. The molecule has 7 nitrogen and oxygen atoms in total. The van der Waals surface area contributed by atoms with Gasteiger partial charge in [-0.1, -0.05) is 6.92 Å². The highest BCUT2D eigenvalue weighted by atomic mass is 32.1. The van der Waals surface area contributed by atoms with Gasteiger partial charge < -0.3 is 14.5 Å². The van der Waals surface area contributed by atoms with Crippen LogP contribution in [0.1, 0.15) is 60.3 Å². The van der Waals surface area contributed by atoms with Gasteiger partial charge in [-0.3, -0.25) is 9.78 Å². The van der Waals surface area contributed by atoms with Crippen LogP contribution in [-0.4, -0.2) is 64.7 Å². The van der Waals surface area contributed by atoms with Gasteiger partial charge >= 0.3 is 18.7 Å². The molecule has 2 atom stereocenters. The van der Waals surface area contributed by atoms with E-state index in [1.54, 1.807) is 11.8 Å². The molecule has 1 saturated heterocycles. The van der Waals surface area contributed by atoms with Crippen molar-refractivity contribution in [2.45, 2.75) is 64.8 Å². The molecular weight excluding hydrogens is 495 g/mol. The highest BCUT2D eigenvalue weighted by Gasteiger charge is 2.46. The van der Waals surface area contributed by atoms with E-state index in [9.17, 15) is 31.5 Å². The largest absolute Gasteiger partial charge is 0.461 e. The molecule has 0 saturated carbocycles. The number of aromatic nitrogens is 2. The van der Waals surface area contributed by atoms with E-state index >= 15 is 0 Å². The third kappa shape index (κ3) is 5.54. The van der Waals surface area contributed by atoms with Crippen molar-refractivity contribution in [2.24, 2.45) is 0 Å². The zero-order valence-corrected chi connectivity index (χ0v) is 20.1. The summed E-state index contributed by atoms with van der Waals surface area (Å²) in [5, 5.41) is -0.210. The Balaban J connectivity index is 2.21. The first-order valence-corrected chi connectivity index (χ1v) is 11.9. The minimum absolute atomic E-state index is 0.0251. The molecule has 3 heterocycles. The Morgan fingerprint density at radius 1 is 1.31 bits per heavy atom. The molecule has 0 radical (unpaired) electrons. The lowest BCUT2D eigenvalue weighted by molar-refractivity contribution is -0.155. The Hall–Kier alpha value is -2.83. The number of rotatable bonds is 8. The van der Waals surface area contributed by atoms with E-state index in [-0.39, 0.29) is 38.7 Å². The number of halogens is 5. The Labute approximate surface area is 202 Å². The van der Waals surface area contributed by atoms with Crippen LogP contribution in [0.15, 0.2) is 18.5 Å². The zero-order valence-electron chi connectivity index (χ0n) is 19.3. The number of hydrogen-bond acceptors (Lipinski definition) is 7. The SMILES string of the molecule is CCOC(=O)c1nc(C(=O)N2CCC[C@@H]2C)c(-c2cnccc2N(C(F)F)[C@@H](CC)C(F)(F)F)s1. The second-order valence-corrected chi connectivity index (χ2v) is 8.95. The van der Waals surface area contributed by atoms with Crippen LogP contribution in [0.5, 0.6) is 0 Å². The third-order valence-electron chi connectivity index (χ3n) is 5.73. The minimum Gasteiger partial charge on any atom is -0.461 e. The van der Waals surface area contributed by atoms with E-state index in [2.05, 4.69) is 9.97 Å². The lowest BCUT2D eigenvalue weighted by atomic mass is 10.1. The van der Waals surface area contributed by atoms with Crippen molar-refractivity contribution in [3.8, 4) is 10.4 Å². The summed E-state index contributed by atoms with van der Waals surface area (Å²) in [5.41, 5.74) is -0.837. The Morgan fingerprint density at radius 3 is 2.57 bits per heavy atom. The second-order valence-electron chi connectivity index (χ2n) is 7.95. The number of ether oxygens (including phenoxy) is 1. The highest BCUT2D eigenvalue weighted by molar-refractivity contribution is 7.17. The summed E-state index contributed by atoms with van der Waals surface area (Å²) in [5.74, 6) is -1.37. The summed E-state index contributed by atoms with van der Waals surface area (Å²) < 4.78 is 74.2. The molecule has 0 unspecified atom stereocenters. The van der Waals surface area contributed by atoms with Crippen molar-refractivity contribution < 1.29 is 36.3 Å². The molecule has 1 aliphatic heterocycles. The summed E-state index contributed by atoms with van der Waals surface area (Å²) in [6.07, 6.45) is -1.90. The number of anilines is 1. The lowest BCUT2D eigenvalue weighted by Gasteiger charge is -2.34. The number of pyridine rings is 1. The molecule has 35 heavy (non-hydrogen) atoms. The topological polar surface area (TPSA) is 75.6 Å². The van der Waals surface area contributed by atoms with Crippen molar-refractivity contribution in [3.63, 3.8) is 0 Å². The normalized spacial score (nSPS) is 17.1. The zero-order chi connectivity index (χ0) is 25.9. The lowest BCUT2D eigenvalue weighted by Crippen LogP contribution is -2.48. The van der Waals surface area contributed by atoms with Gasteiger partial charge in [0.25, 0.3) is 5.91 Å². The molecule has 13 heteroatoms. The molecular formula is C22H25F5N4O3S. The predicted octanol–water partition coefficient (Wildman–Crippen LogP) is 5.38. The molecule has 0 N–H and O–H groups in total. The average molecular weight is 521 g/mol. The predicted molar refractivity (Wildman–Crippen MR) is 120 cm³/mol. The van der Waals surface area contributed by atoms with Gasteiger partial charge in [0.1, 0.15) is 11.7 Å². The standard InChI is InChI=1S/C22H25F5N4O3S/c1-4-15(22(25,26)27)31(21(23)24)14-8-9-28-11-13(14)17-16(19(32)30-10-6-7-12(30)3)29-18(35-17)20(33)34-5-2/h8-9,11-12,15,21H,4-7,10H2,1-3H3/t12-,15-/m0/s1. The number of carbonyl (C=O) groups excluding carboxylic acids is 2. The fraction of sp³-hybridized carbons (Fsp3) is 0.545. The van der Waals surface area contributed by atoms with E-state index in [0.29, 0.717) is 17.9 Å². The molecule has 3 rings (SSSR count). The number of hydrogen-bond donors (Lipinski definition) is 0. The van der Waals surface area contributed by atoms with Crippen molar-refractivity contribution >= 4 is 28.9 Å². The number of likely N-dealkylation sites (tertiary alicyclic amines) is 1. The maximum Gasteiger partial charge on any atom is 0.408 e. The molecule has 0 bridgehead atoms. The van der Waals surface area contributed by atoms with Crippen LogP contribution in [0, 0.1) is 0 Å². The summed E-state index contributed by atoms with van der Waals surface area (Å²) >= 11 is 0.693. The Kier molecular flexibility index (Phi) is 8.29. The number of nitrogens with zero attached hydrogens (tertiary/aromatic N) is 4. The molecule has 0 aliphatic carbocycles. The van der Waals surface area contributed by atoms with Gasteiger partial charge in [0.15, 0.2) is 0 Å². The highest BCUT2D eigenvalue weighted by Crippen LogP contribution is 2.42. The maximum absolute atomic E-state index is 14.1. The van der Waals surface area contributed by atoms with Gasteiger partial charge in [0.05, 0.1) is 17.2 Å². The van der Waals surface area contributed by atoms with Crippen molar-refractivity contribution in [3.05, 3.63) is 29.2 Å². The van der Waals surface area contributed by atoms with E-state index < -0.39 is 42.8 Å². The van der Waals surface area contributed by atoms with E-state index in [0.717, 1.165) is 38.2 Å². The Bertz CT molecular complexity index is 1060. The van der Waals surface area contributed by atoms with Crippen LogP contribution < -0.4 is 4.90 Å². The average Bonchev–Trinajstić information content (AvgIpc) is 3.42. The monoisotopic (exact) mass is 520 g/mol. The summed E-state index contributed by atoms with van der Waals surface area (Å²) in [4.78, 5) is 35.3. The van der Waals surface area contributed by atoms with Crippen molar-refractivity contribution in [1.82, 2.24) is 14.9 Å². The molecule has 2 aromatic rings. The molecule has 0 aromatic carbocycles. The first-order chi connectivity index (χ1) is 16.5. The molecule has 1 aliphatic rings. The molecule has 0 spiro atoms. The fourth-order valence-electron chi connectivity index (χ4n) is 4.08. The van der Waals surface area contributed by atoms with Crippen LogP contribution in [0.3, 0.4) is 0 Å². The number of amides is 1. The van der Waals surface area contributed by atoms with Crippen LogP contribution in [-0.2, 0) is 4.74 Å². The van der Waals surface area contributed by atoms with Gasteiger partial charge in [0, 0.05) is 30.5 Å². The number of thiazole rings is 1. The number of alkyl halides is 5. The van der Waals surface area contributed by atoms with Crippen molar-refractivity contribution in [1.29, 1.82) is 0 Å². The maximum atomic E-state index is 14.1. The van der Waals surface area contributed by atoms with E-state index in [1.165, 1.54) is 0 Å². The van der Waals surface area contributed by atoms with Gasteiger partial charge in [-0.2, -0.15) is 22.0 Å². The van der Waals surface area contributed by atoms with E-state index in [4.69, 9.17) is 4.74 Å². The quantitative estimate of drug-likeness (QED) is 0.265. The summed E-state index contributed by atoms with van der Waals surface area (Å²) in [7, 11) is 0. The smallest absolute Gasteiger partial charge is 0.408 e. The number of esters is 1. The van der Waals surface area contributed by atoms with Gasteiger partial charge in [-0.15, -0.1) is 11.3 Å². The second kappa shape index (κ2) is 10.8. The molecule has 1 amide bonds.